The molecule has 1 aliphatic heterocycles. The van der Waals surface area contributed by atoms with E-state index in [9.17, 15) is 9.59 Å². The van der Waals surface area contributed by atoms with Gasteiger partial charge in [0.1, 0.15) is 5.54 Å². The highest BCUT2D eigenvalue weighted by Gasteiger charge is 2.43. The first-order chi connectivity index (χ1) is 8.68. The van der Waals surface area contributed by atoms with Crippen LogP contribution in [-0.4, -0.2) is 37.1 Å². The molecule has 2 amide bonds. The second-order valence-corrected chi connectivity index (χ2v) is 5.20. The topological polar surface area (TPSA) is 67.4 Å². The Balaban J connectivity index is 2.01. The normalized spacial score (nSPS) is 25.9. The zero-order valence-corrected chi connectivity index (χ0v) is 11.0. The Labute approximate surface area is 108 Å². The van der Waals surface area contributed by atoms with Crippen molar-refractivity contribution in [3.8, 4) is 0 Å². The Morgan fingerprint density at radius 3 is 2.61 bits per heavy atom. The Kier molecular flexibility index (Phi) is 4.22. The van der Waals surface area contributed by atoms with Crippen LogP contribution in [-0.2, 0) is 14.3 Å². The largest absolute Gasteiger partial charge is 0.381 e. The molecule has 0 aromatic carbocycles. The third kappa shape index (κ3) is 2.66. The van der Waals surface area contributed by atoms with Gasteiger partial charge in [0.2, 0.25) is 11.8 Å². The van der Waals surface area contributed by atoms with Crippen molar-refractivity contribution in [2.75, 3.05) is 19.8 Å². The molecule has 0 unspecified atom stereocenters. The molecule has 0 bridgehead atoms. The standard InChI is InChI=1S/C13H22N2O3/c1-2-14-12(17)13(6-3-4-7-13)15-11(16)10-5-8-18-9-10/h10H,2-9H2,1H3,(H,14,17)(H,15,16)/t10-/m1/s1. The molecule has 2 N–H and O–H groups in total. The molecule has 0 spiro atoms. The van der Waals surface area contributed by atoms with Crippen molar-refractivity contribution in [2.24, 2.45) is 5.92 Å². The number of carbonyl (C=O) groups is 2. The highest BCUT2D eigenvalue weighted by atomic mass is 16.5. The molecule has 5 heteroatoms. The second-order valence-electron chi connectivity index (χ2n) is 5.20. The van der Waals surface area contributed by atoms with E-state index in [0.717, 1.165) is 32.1 Å². The lowest BCUT2D eigenvalue weighted by molar-refractivity contribution is -0.135. The Hall–Kier alpha value is -1.10. The average Bonchev–Trinajstić information content (AvgIpc) is 3.00. The minimum absolute atomic E-state index is 0.0272. The molecule has 1 saturated heterocycles. The molecule has 1 saturated carbocycles. The SMILES string of the molecule is CCNC(=O)C1(NC(=O)[C@@H]2CCOC2)CCCC1. The van der Waals surface area contributed by atoms with E-state index in [1.54, 1.807) is 0 Å². The first kappa shape index (κ1) is 13.3. The Bertz CT molecular complexity index is 318. The fourth-order valence-corrected chi connectivity index (χ4v) is 2.80. The summed E-state index contributed by atoms with van der Waals surface area (Å²) in [5, 5.41) is 5.83. The molecule has 2 fully saturated rings. The molecule has 18 heavy (non-hydrogen) atoms. The van der Waals surface area contributed by atoms with Gasteiger partial charge in [0.05, 0.1) is 12.5 Å². The number of nitrogens with one attached hydrogen (secondary N) is 2. The van der Waals surface area contributed by atoms with Gasteiger partial charge < -0.3 is 15.4 Å². The summed E-state index contributed by atoms with van der Waals surface area (Å²) in [6.45, 7) is 3.62. The van der Waals surface area contributed by atoms with Crippen LogP contribution in [0.15, 0.2) is 0 Å². The van der Waals surface area contributed by atoms with E-state index in [-0.39, 0.29) is 17.7 Å². The van der Waals surface area contributed by atoms with E-state index in [2.05, 4.69) is 10.6 Å². The van der Waals surface area contributed by atoms with Gasteiger partial charge in [0.15, 0.2) is 0 Å². The number of ether oxygens (including phenoxy) is 1. The van der Waals surface area contributed by atoms with Crippen LogP contribution in [0.25, 0.3) is 0 Å². The maximum Gasteiger partial charge on any atom is 0.245 e. The Morgan fingerprint density at radius 2 is 2.06 bits per heavy atom. The van der Waals surface area contributed by atoms with Gasteiger partial charge in [-0.15, -0.1) is 0 Å². The van der Waals surface area contributed by atoms with Crippen molar-refractivity contribution >= 4 is 11.8 Å². The van der Waals surface area contributed by atoms with Gasteiger partial charge >= 0.3 is 0 Å². The summed E-state index contributed by atoms with van der Waals surface area (Å²) in [6.07, 6.45) is 4.25. The summed E-state index contributed by atoms with van der Waals surface area (Å²) < 4.78 is 5.22. The number of likely N-dealkylation sites (N-methyl/N-ethyl adjacent to an activating group) is 1. The molecular formula is C13H22N2O3. The number of rotatable bonds is 4. The maximum atomic E-state index is 12.2. The van der Waals surface area contributed by atoms with Crippen LogP contribution < -0.4 is 10.6 Å². The van der Waals surface area contributed by atoms with Crippen LogP contribution in [0.4, 0.5) is 0 Å². The van der Waals surface area contributed by atoms with Crippen molar-refractivity contribution in [2.45, 2.75) is 44.6 Å². The van der Waals surface area contributed by atoms with Crippen LogP contribution in [0.1, 0.15) is 39.0 Å². The summed E-state index contributed by atoms with van der Waals surface area (Å²) in [5.41, 5.74) is -0.671. The van der Waals surface area contributed by atoms with E-state index < -0.39 is 5.54 Å². The van der Waals surface area contributed by atoms with Gasteiger partial charge in [-0.1, -0.05) is 12.8 Å². The molecule has 1 heterocycles. The van der Waals surface area contributed by atoms with Crippen molar-refractivity contribution in [1.82, 2.24) is 10.6 Å². The molecule has 0 aromatic rings. The summed E-state index contributed by atoms with van der Waals surface area (Å²) in [5.74, 6) is -0.146. The predicted octanol–water partition coefficient (Wildman–Crippen LogP) is 0.588. The van der Waals surface area contributed by atoms with E-state index in [0.29, 0.717) is 19.8 Å². The van der Waals surface area contributed by atoms with Crippen LogP contribution in [0.2, 0.25) is 0 Å². The monoisotopic (exact) mass is 254 g/mol. The first-order valence-electron chi connectivity index (χ1n) is 6.86. The zero-order valence-electron chi connectivity index (χ0n) is 11.0. The summed E-state index contributed by atoms with van der Waals surface area (Å²) in [6, 6.07) is 0. The molecule has 1 aliphatic carbocycles. The maximum absolute atomic E-state index is 12.2. The first-order valence-corrected chi connectivity index (χ1v) is 6.86. The molecule has 0 aromatic heterocycles. The van der Waals surface area contributed by atoms with E-state index in [1.807, 2.05) is 6.92 Å². The van der Waals surface area contributed by atoms with E-state index in [4.69, 9.17) is 4.74 Å². The van der Waals surface area contributed by atoms with Gasteiger partial charge in [-0.3, -0.25) is 9.59 Å². The van der Waals surface area contributed by atoms with Gasteiger partial charge in [0, 0.05) is 13.2 Å². The lowest BCUT2D eigenvalue weighted by Gasteiger charge is -2.29. The number of hydrogen-bond acceptors (Lipinski definition) is 3. The number of hydrogen-bond donors (Lipinski definition) is 2. The zero-order chi connectivity index (χ0) is 13.0. The van der Waals surface area contributed by atoms with Crippen molar-refractivity contribution in [1.29, 1.82) is 0 Å². The fraction of sp³-hybridized carbons (Fsp3) is 0.846. The highest BCUT2D eigenvalue weighted by molar-refractivity contribution is 5.92. The molecule has 1 atom stereocenters. The lowest BCUT2D eigenvalue weighted by Crippen LogP contribution is -2.58. The van der Waals surface area contributed by atoms with Gasteiger partial charge in [-0.05, 0) is 26.2 Å². The van der Waals surface area contributed by atoms with Crippen molar-refractivity contribution in [3.05, 3.63) is 0 Å². The van der Waals surface area contributed by atoms with E-state index in [1.165, 1.54) is 0 Å². The molecule has 0 radical (unpaired) electrons. The van der Waals surface area contributed by atoms with Crippen LogP contribution in [0.5, 0.6) is 0 Å². The third-order valence-corrected chi connectivity index (χ3v) is 3.89. The summed E-state index contributed by atoms with van der Waals surface area (Å²) in [4.78, 5) is 24.3. The predicted molar refractivity (Wildman–Crippen MR) is 67.0 cm³/mol. The fourth-order valence-electron chi connectivity index (χ4n) is 2.80. The van der Waals surface area contributed by atoms with Crippen molar-refractivity contribution < 1.29 is 14.3 Å². The van der Waals surface area contributed by atoms with Crippen LogP contribution >= 0.6 is 0 Å². The van der Waals surface area contributed by atoms with Gasteiger partial charge in [0.25, 0.3) is 0 Å². The second kappa shape index (κ2) is 5.69. The highest BCUT2D eigenvalue weighted by Crippen LogP contribution is 2.30. The molecular weight excluding hydrogens is 232 g/mol. The smallest absolute Gasteiger partial charge is 0.245 e. The summed E-state index contributed by atoms with van der Waals surface area (Å²) in [7, 11) is 0. The van der Waals surface area contributed by atoms with E-state index >= 15 is 0 Å². The minimum atomic E-state index is -0.671. The molecule has 102 valence electrons. The number of amides is 2. The van der Waals surface area contributed by atoms with Gasteiger partial charge in [-0.2, -0.15) is 0 Å². The molecule has 2 aliphatic rings. The average molecular weight is 254 g/mol. The summed E-state index contributed by atoms with van der Waals surface area (Å²) >= 11 is 0. The lowest BCUT2D eigenvalue weighted by atomic mass is 9.94. The van der Waals surface area contributed by atoms with Crippen LogP contribution in [0.3, 0.4) is 0 Å². The minimum Gasteiger partial charge on any atom is -0.381 e. The van der Waals surface area contributed by atoms with Gasteiger partial charge in [-0.25, -0.2) is 0 Å². The molecule has 2 rings (SSSR count). The third-order valence-electron chi connectivity index (χ3n) is 3.89. The van der Waals surface area contributed by atoms with Crippen molar-refractivity contribution in [3.63, 3.8) is 0 Å². The molecule has 5 nitrogen and oxygen atoms in total. The quantitative estimate of drug-likeness (QED) is 0.771. The Morgan fingerprint density at radius 1 is 1.33 bits per heavy atom. The van der Waals surface area contributed by atoms with Crippen LogP contribution in [0, 0.1) is 5.92 Å². The number of carbonyl (C=O) groups excluding carboxylic acids is 2.